The Bertz CT molecular complexity index is 974. The number of nitrogens with one attached hydrogen (secondary N) is 3. The maximum absolute atomic E-state index is 14.2. The van der Waals surface area contributed by atoms with Gasteiger partial charge in [0.2, 0.25) is 11.9 Å². The highest BCUT2D eigenvalue weighted by atomic mass is 19.1. The lowest BCUT2D eigenvalue weighted by atomic mass is 9.84. The van der Waals surface area contributed by atoms with Crippen molar-refractivity contribution in [2.45, 2.75) is 58.5 Å². The number of carbonyl (C=O) groups is 1. The van der Waals surface area contributed by atoms with Crippen molar-refractivity contribution in [2.75, 3.05) is 34.5 Å². The van der Waals surface area contributed by atoms with Gasteiger partial charge in [0.25, 0.3) is 0 Å². The third-order valence-corrected chi connectivity index (χ3v) is 5.78. The lowest BCUT2D eigenvalue weighted by molar-refractivity contribution is -0.125. The Morgan fingerprint density at radius 3 is 2.41 bits per heavy atom. The minimum atomic E-state index is -1.03. The third-order valence-electron chi connectivity index (χ3n) is 5.78. The van der Waals surface area contributed by atoms with Crippen molar-refractivity contribution in [3.63, 3.8) is 0 Å². The first-order valence-electron chi connectivity index (χ1n) is 11.5. The Balaban J connectivity index is 1.86. The van der Waals surface area contributed by atoms with Gasteiger partial charge in [-0.15, -0.1) is 0 Å². The standard InChI is InChI=1S/C23H32F3N7O/c1-4-28-22(34)14-5-7-16(8-6-14)33(12-30-20-17(25)9-15(24)10-18(20)26)21-19(27)11-29-23(32-21)31-13(2)3/h9-11,13-14,16,30H,4-8,12,27H2,1-3H3,(H,28,34)(H,29,31,32). The number of aromatic nitrogens is 2. The number of halogens is 3. The molecule has 186 valence electrons. The molecule has 0 saturated heterocycles. The summed E-state index contributed by atoms with van der Waals surface area (Å²) < 4.78 is 41.8. The van der Waals surface area contributed by atoms with E-state index in [1.807, 2.05) is 25.7 Å². The van der Waals surface area contributed by atoms with Crippen LogP contribution in [0.25, 0.3) is 0 Å². The summed E-state index contributed by atoms with van der Waals surface area (Å²) in [7, 11) is 0. The number of nitrogens with zero attached hydrogens (tertiary/aromatic N) is 3. The van der Waals surface area contributed by atoms with Gasteiger partial charge in [-0.25, -0.2) is 18.2 Å². The molecule has 0 spiro atoms. The van der Waals surface area contributed by atoms with E-state index in [1.54, 1.807) is 0 Å². The Morgan fingerprint density at radius 2 is 1.82 bits per heavy atom. The maximum Gasteiger partial charge on any atom is 0.224 e. The van der Waals surface area contributed by atoms with Crippen molar-refractivity contribution >= 4 is 29.0 Å². The SMILES string of the molecule is CCNC(=O)C1CCC(N(CNc2c(F)cc(F)cc2F)c2nc(NC(C)C)ncc2N)CC1. The molecule has 1 aliphatic rings. The summed E-state index contributed by atoms with van der Waals surface area (Å²) >= 11 is 0. The van der Waals surface area contributed by atoms with Crippen LogP contribution in [0.15, 0.2) is 18.3 Å². The Labute approximate surface area is 197 Å². The Hall–Kier alpha value is -3.24. The van der Waals surface area contributed by atoms with Crippen LogP contribution >= 0.6 is 0 Å². The summed E-state index contributed by atoms with van der Waals surface area (Å²) in [5.74, 6) is -2.32. The normalized spacial score (nSPS) is 18.0. The molecule has 1 saturated carbocycles. The van der Waals surface area contributed by atoms with Gasteiger partial charge in [0, 0.05) is 36.7 Å². The average molecular weight is 480 g/mol. The van der Waals surface area contributed by atoms with E-state index in [4.69, 9.17) is 5.73 Å². The smallest absolute Gasteiger partial charge is 0.224 e. The van der Waals surface area contributed by atoms with Crippen molar-refractivity contribution in [2.24, 2.45) is 5.92 Å². The molecule has 11 heteroatoms. The molecule has 1 amide bonds. The highest BCUT2D eigenvalue weighted by molar-refractivity contribution is 5.78. The lowest BCUT2D eigenvalue weighted by Gasteiger charge is -2.38. The Kier molecular flexibility index (Phi) is 8.41. The zero-order chi connectivity index (χ0) is 24.8. The minimum absolute atomic E-state index is 0.0295. The van der Waals surface area contributed by atoms with E-state index in [2.05, 4.69) is 25.9 Å². The van der Waals surface area contributed by atoms with Crippen LogP contribution in [-0.2, 0) is 4.79 Å². The average Bonchev–Trinajstić information content (AvgIpc) is 2.77. The van der Waals surface area contributed by atoms with Crippen molar-refractivity contribution in [1.29, 1.82) is 0 Å². The van der Waals surface area contributed by atoms with E-state index in [9.17, 15) is 18.0 Å². The number of benzene rings is 1. The minimum Gasteiger partial charge on any atom is -0.394 e. The zero-order valence-corrected chi connectivity index (χ0v) is 19.7. The predicted octanol–water partition coefficient (Wildman–Crippen LogP) is 3.87. The zero-order valence-electron chi connectivity index (χ0n) is 19.7. The van der Waals surface area contributed by atoms with Crippen LogP contribution in [0, 0.1) is 23.4 Å². The van der Waals surface area contributed by atoms with Crippen molar-refractivity contribution in [3.8, 4) is 0 Å². The molecule has 0 aliphatic heterocycles. The number of carbonyl (C=O) groups excluding carboxylic acids is 1. The molecule has 3 rings (SSSR count). The number of nitrogen functional groups attached to an aromatic ring is 1. The van der Waals surface area contributed by atoms with Gasteiger partial charge in [-0.1, -0.05) is 0 Å². The van der Waals surface area contributed by atoms with Gasteiger partial charge in [-0.05, 0) is 46.5 Å². The highest BCUT2D eigenvalue weighted by Gasteiger charge is 2.31. The molecule has 1 aromatic carbocycles. The summed E-state index contributed by atoms with van der Waals surface area (Å²) in [5, 5.41) is 8.73. The molecule has 1 fully saturated rings. The second-order valence-electron chi connectivity index (χ2n) is 8.72. The van der Waals surface area contributed by atoms with Crippen LogP contribution in [0.5, 0.6) is 0 Å². The van der Waals surface area contributed by atoms with Gasteiger partial charge in [-0.3, -0.25) is 4.79 Å². The molecule has 34 heavy (non-hydrogen) atoms. The van der Waals surface area contributed by atoms with Crippen LogP contribution in [0.3, 0.4) is 0 Å². The van der Waals surface area contributed by atoms with Crippen LogP contribution in [0.1, 0.15) is 46.5 Å². The van der Waals surface area contributed by atoms with Crippen LogP contribution < -0.4 is 26.6 Å². The van der Waals surface area contributed by atoms with E-state index in [0.717, 1.165) is 0 Å². The van der Waals surface area contributed by atoms with Gasteiger partial charge in [0.1, 0.15) is 11.5 Å². The van der Waals surface area contributed by atoms with E-state index in [0.29, 0.717) is 61.8 Å². The number of anilines is 4. The van der Waals surface area contributed by atoms with E-state index in [1.165, 1.54) is 6.20 Å². The van der Waals surface area contributed by atoms with Crippen molar-refractivity contribution in [3.05, 3.63) is 35.8 Å². The fourth-order valence-electron chi connectivity index (χ4n) is 4.16. The largest absolute Gasteiger partial charge is 0.394 e. The maximum atomic E-state index is 14.2. The molecule has 1 heterocycles. The topological polar surface area (TPSA) is 108 Å². The quantitative estimate of drug-likeness (QED) is 0.405. The summed E-state index contributed by atoms with van der Waals surface area (Å²) in [5.41, 5.74) is 6.08. The molecule has 0 bridgehead atoms. The van der Waals surface area contributed by atoms with Crippen LogP contribution in [0.4, 0.5) is 36.3 Å². The highest BCUT2D eigenvalue weighted by Crippen LogP contribution is 2.33. The van der Waals surface area contributed by atoms with E-state index < -0.39 is 23.1 Å². The molecule has 1 aliphatic carbocycles. The van der Waals surface area contributed by atoms with E-state index in [-0.39, 0.29) is 30.6 Å². The van der Waals surface area contributed by atoms with Gasteiger partial charge in [0.15, 0.2) is 17.5 Å². The summed E-state index contributed by atoms with van der Waals surface area (Å²) in [6.45, 7) is 6.32. The predicted molar refractivity (Wildman–Crippen MR) is 127 cm³/mol. The van der Waals surface area contributed by atoms with Crippen LogP contribution in [0.2, 0.25) is 0 Å². The number of amides is 1. The number of rotatable bonds is 9. The first kappa shape index (κ1) is 25.4. The second-order valence-corrected chi connectivity index (χ2v) is 8.72. The summed E-state index contributed by atoms with van der Waals surface area (Å²) in [6.07, 6.45) is 4.13. The van der Waals surface area contributed by atoms with Crippen LogP contribution in [-0.4, -0.2) is 41.2 Å². The molecular formula is C23H32F3N7O. The number of hydrogen-bond acceptors (Lipinski definition) is 7. The summed E-state index contributed by atoms with van der Waals surface area (Å²) in [6, 6.07) is 1.24. The lowest BCUT2D eigenvalue weighted by Crippen LogP contribution is -2.44. The molecule has 0 unspecified atom stereocenters. The Morgan fingerprint density at radius 1 is 1.18 bits per heavy atom. The fourth-order valence-corrected chi connectivity index (χ4v) is 4.16. The first-order valence-corrected chi connectivity index (χ1v) is 11.5. The molecule has 0 radical (unpaired) electrons. The van der Waals surface area contributed by atoms with Crippen molar-refractivity contribution in [1.82, 2.24) is 15.3 Å². The summed E-state index contributed by atoms with van der Waals surface area (Å²) in [4.78, 5) is 22.9. The fraction of sp³-hybridized carbons (Fsp3) is 0.522. The second kappa shape index (κ2) is 11.3. The number of hydrogen-bond donors (Lipinski definition) is 4. The molecular weight excluding hydrogens is 447 g/mol. The van der Waals surface area contributed by atoms with E-state index >= 15 is 0 Å². The molecule has 5 N–H and O–H groups in total. The molecule has 0 atom stereocenters. The molecule has 1 aromatic heterocycles. The third kappa shape index (κ3) is 6.21. The number of nitrogens with two attached hydrogens (primary N) is 1. The van der Waals surface area contributed by atoms with Crippen molar-refractivity contribution < 1.29 is 18.0 Å². The van der Waals surface area contributed by atoms with Gasteiger partial charge in [0.05, 0.1) is 18.6 Å². The van der Waals surface area contributed by atoms with Gasteiger partial charge >= 0.3 is 0 Å². The first-order chi connectivity index (χ1) is 16.2. The van der Waals surface area contributed by atoms with Gasteiger partial charge in [-0.2, -0.15) is 4.98 Å². The monoisotopic (exact) mass is 479 g/mol. The molecule has 2 aromatic rings. The molecule has 8 nitrogen and oxygen atoms in total. The van der Waals surface area contributed by atoms with Gasteiger partial charge < -0.3 is 26.6 Å².